The maximum absolute atomic E-state index is 2.54. The first-order valence-electron chi connectivity index (χ1n) is 17.9. The van der Waals surface area contributed by atoms with Gasteiger partial charge in [0.1, 0.15) is 0 Å². The number of anilines is 2. The van der Waals surface area contributed by atoms with Crippen molar-refractivity contribution >= 4 is 53.7 Å². The van der Waals surface area contributed by atoms with Crippen LogP contribution in [0.15, 0.2) is 182 Å². The van der Waals surface area contributed by atoms with Crippen molar-refractivity contribution in [2.75, 3.05) is 4.90 Å². The molecule has 0 amide bonds. The monoisotopic (exact) mass is 671 g/mol. The van der Waals surface area contributed by atoms with E-state index >= 15 is 0 Å². The second-order valence-corrected chi connectivity index (χ2v) is 15.6. The van der Waals surface area contributed by atoms with Gasteiger partial charge in [0.15, 0.2) is 0 Å². The van der Waals surface area contributed by atoms with E-state index in [9.17, 15) is 0 Å². The van der Waals surface area contributed by atoms with Gasteiger partial charge in [0.2, 0.25) is 0 Å². The van der Waals surface area contributed by atoms with E-state index in [1.807, 2.05) is 11.3 Å². The fourth-order valence-corrected chi connectivity index (χ4v) is 10.0. The quantitative estimate of drug-likeness (QED) is 0.176. The van der Waals surface area contributed by atoms with Crippen LogP contribution in [-0.2, 0) is 5.41 Å². The molecule has 0 N–H and O–H groups in total. The number of nitrogens with zero attached hydrogens (tertiary/aromatic N) is 1. The molecule has 2 atom stereocenters. The third-order valence-corrected chi connectivity index (χ3v) is 12.6. The lowest BCUT2D eigenvalue weighted by molar-refractivity contribution is 0.392. The van der Waals surface area contributed by atoms with Crippen LogP contribution in [0.3, 0.4) is 0 Å². The van der Waals surface area contributed by atoms with Crippen molar-refractivity contribution in [2.24, 2.45) is 5.92 Å². The van der Waals surface area contributed by atoms with Gasteiger partial charge in [0.25, 0.3) is 0 Å². The van der Waals surface area contributed by atoms with Gasteiger partial charge in [-0.25, -0.2) is 0 Å². The van der Waals surface area contributed by atoms with Crippen LogP contribution in [0.4, 0.5) is 11.4 Å². The van der Waals surface area contributed by atoms with Crippen LogP contribution in [0.2, 0.25) is 0 Å². The highest BCUT2D eigenvalue weighted by Gasteiger charge is 2.45. The van der Waals surface area contributed by atoms with Gasteiger partial charge in [-0.1, -0.05) is 153 Å². The molecule has 0 bridgehead atoms. The van der Waals surface area contributed by atoms with E-state index < -0.39 is 0 Å². The van der Waals surface area contributed by atoms with E-state index in [1.54, 1.807) is 0 Å². The van der Waals surface area contributed by atoms with Crippen LogP contribution in [-0.4, -0.2) is 0 Å². The van der Waals surface area contributed by atoms with Crippen LogP contribution >= 0.6 is 11.3 Å². The van der Waals surface area contributed by atoms with Gasteiger partial charge in [-0.05, 0) is 91.9 Å². The van der Waals surface area contributed by atoms with Crippen LogP contribution in [0.25, 0.3) is 53.2 Å². The van der Waals surface area contributed by atoms with E-state index in [4.69, 9.17) is 0 Å². The Morgan fingerprint density at radius 3 is 1.96 bits per heavy atom. The molecule has 0 saturated heterocycles. The summed E-state index contributed by atoms with van der Waals surface area (Å²) in [6.07, 6.45) is 7.33. The summed E-state index contributed by atoms with van der Waals surface area (Å²) in [5.41, 5.74) is 11.5. The normalized spacial score (nSPS) is 17.4. The van der Waals surface area contributed by atoms with Crippen molar-refractivity contribution in [1.29, 1.82) is 0 Å². The Hall–Kier alpha value is -5.70. The number of hydrogen-bond acceptors (Lipinski definition) is 2. The molecule has 1 nitrogen and oxygen atoms in total. The molecule has 0 saturated carbocycles. The second kappa shape index (κ2) is 11.7. The minimum absolute atomic E-state index is 0.0357. The molecule has 51 heavy (non-hydrogen) atoms. The average Bonchev–Trinajstić information content (AvgIpc) is 3.67. The van der Waals surface area contributed by atoms with Crippen LogP contribution in [0, 0.1) is 5.92 Å². The molecule has 2 aliphatic carbocycles. The third kappa shape index (κ3) is 4.82. The Labute approximate surface area is 303 Å². The summed E-state index contributed by atoms with van der Waals surface area (Å²) in [6.45, 7) is 4.83. The minimum atomic E-state index is 0.0357. The Kier molecular flexibility index (Phi) is 6.91. The lowest BCUT2D eigenvalue weighted by Gasteiger charge is -2.34. The maximum atomic E-state index is 2.54. The predicted molar refractivity (Wildman–Crippen MR) is 219 cm³/mol. The molecule has 7 aromatic carbocycles. The highest BCUT2D eigenvalue weighted by Crippen LogP contribution is 2.54. The van der Waals surface area contributed by atoms with E-state index in [-0.39, 0.29) is 5.41 Å². The summed E-state index contributed by atoms with van der Waals surface area (Å²) in [4.78, 5) is 2.45. The highest BCUT2D eigenvalue weighted by atomic mass is 32.1. The van der Waals surface area contributed by atoms with E-state index in [0.29, 0.717) is 11.8 Å². The fraction of sp³-hybridized carbons (Fsp3) is 0.102. The first kappa shape index (κ1) is 30.2. The lowest BCUT2D eigenvalue weighted by Crippen LogP contribution is -2.28. The van der Waals surface area contributed by atoms with E-state index in [2.05, 4.69) is 195 Å². The molecule has 8 aromatic rings. The second-order valence-electron chi connectivity index (χ2n) is 14.5. The average molecular weight is 672 g/mol. The Bertz CT molecular complexity index is 2670. The van der Waals surface area contributed by atoms with Crippen LogP contribution < -0.4 is 4.90 Å². The molecule has 10 rings (SSSR count). The summed E-state index contributed by atoms with van der Waals surface area (Å²) in [5.74, 6) is 0.761. The summed E-state index contributed by atoms with van der Waals surface area (Å²) < 4.78 is 2.68. The van der Waals surface area contributed by atoms with E-state index in [0.717, 1.165) is 11.4 Å². The largest absolute Gasteiger partial charge is 0.311 e. The molecule has 0 radical (unpaired) electrons. The molecule has 2 aliphatic rings. The molecule has 0 fully saturated rings. The molecule has 1 aromatic heterocycles. The van der Waals surface area contributed by atoms with Gasteiger partial charge in [-0.15, -0.1) is 11.3 Å². The van der Waals surface area contributed by atoms with Gasteiger partial charge < -0.3 is 4.90 Å². The Balaban J connectivity index is 1.08. The van der Waals surface area contributed by atoms with Crippen molar-refractivity contribution in [3.8, 4) is 22.3 Å². The number of benzene rings is 7. The number of fused-ring (bicyclic) bond motifs is 7. The lowest BCUT2D eigenvalue weighted by atomic mass is 9.74. The minimum Gasteiger partial charge on any atom is -0.311 e. The summed E-state index contributed by atoms with van der Waals surface area (Å²) in [5, 5.41) is 5.21. The standard InChI is InChI=1S/C49H37NS/c1-49(2)45-19-7-5-14-41(45)42-30-29-37(31-46(42)49)50(35-25-21-33(22-26-35)39-16-9-12-32-11-3-4-13-38(32)39)36-27-23-34(24-28-36)40-17-10-18-44-43-15-6-8-20-47(43)51-48(40)44/h3-31,42,46H,1-2H3. The SMILES string of the molecule is CC1(C)c2ccccc2C2C=CC(N(c3ccc(-c4cccc5ccccc45)cc3)c3ccc(-c4cccc5c4sc4ccccc45)cc3)=CC21. The van der Waals surface area contributed by atoms with Gasteiger partial charge in [0, 0.05) is 43.2 Å². The predicted octanol–water partition coefficient (Wildman–Crippen LogP) is 13.8. The molecule has 0 spiro atoms. The zero-order valence-electron chi connectivity index (χ0n) is 28.8. The molecular weight excluding hydrogens is 635 g/mol. The van der Waals surface area contributed by atoms with E-state index in [1.165, 1.54) is 70.0 Å². The molecular formula is C49H37NS. The number of allylic oxidation sites excluding steroid dienone is 3. The van der Waals surface area contributed by atoms with Crippen LogP contribution in [0.5, 0.6) is 0 Å². The fourth-order valence-electron chi connectivity index (χ4n) is 8.80. The molecule has 0 aliphatic heterocycles. The molecule has 2 unspecified atom stereocenters. The Morgan fingerprint density at radius 2 is 1.16 bits per heavy atom. The molecule has 2 heteroatoms. The van der Waals surface area contributed by atoms with Crippen molar-refractivity contribution in [1.82, 2.24) is 0 Å². The first-order chi connectivity index (χ1) is 25.0. The number of hydrogen-bond donors (Lipinski definition) is 0. The van der Waals surface area contributed by atoms with Crippen molar-refractivity contribution in [2.45, 2.75) is 25.2 Å². The molecule has 1 heterocycles. The van der Waals surface area contributed by atoms with Crippen molar-refractivity contribution in [3.63, 3.8) is 0 Å². The van der Waals surface area contributed by atoms with Gasteiger partial charge >= 0.3 is 0 Å². The highest BCUT2D eigenvalue weighted by molar-refractivity contribution is 7.26. The zero-order chi connectivity index (χ0) is 34.1. The van der Waals surface area contributed by atoms with Gasteiger partial charge in [-0.3, -0.25) is 0 Å². The Morgan fingerprint density at radius 1 is 0.549 bits per heavy atom. The van der Waals surface area contributed by atoms with Crippen LogP contribution in [0.1, 0.15) is 30.9 Å². The van der Waals surface area contributed by atoms with Crippen molar-refractivity contribution < 1.29 is 0 Å². The summed E-state index contributed by atoms with van der Waals surface area (Å²) in [7, 11) is 0. The number of thiophene rings is 1. The molecule has 244 valence electrons. The van der Waals surface area contributed by atoms with Crippen molar-refractivity contribution in [3.05, 3.63) is 193 Å². The first-order valence-corrected chi connectivity index (χ1v) is 18.7. The smallest absolute Gasteiger partial charge is 0.0461 e. The third-order valence-electron chi connectivity index (χ3n) is 11.4. The topological polar surface area (TPSA) is 3.24 Å². The maximum Gasteiger partial charge on any atom is 0.0461 e. The van der Waals surface area contributed by atoms with Gasteiger partial charge in [-0.2, -0.15) is 0 Å². The van der Waals surface area contributed by atoms with Gasteiger partial charge in [0.05, 0.1) is 0 Å². The summed E-state index contributed by atoms with van der Waals surface area (Å²) in [6, 6.07) is 58.1. The zero-order valence-corrected chi connectivity index (χ0v) is 29.6. The number of rotatable bonds is 5. The summed E-state index contributed by atoms with van der Waals surface area (Å²) >= 11 is 1.89.